The molecule has 0 aliphatic carbocycles. The van der Waals surface area contributed by atoms with Crippen molar-refractivity contribution in [3.8, 4) is 0 Å². The first-order valence-electron chi connectivity index (χ1n) is 12.0. The van der Waals surface area contributed by atoms with Gasteiger partial charge in [-0.2, -0.15) is 0 Å². The third kappa shape index (κ3) is 5.65. The molecule has 188 valence electrons. The van der Waals surface area contributed by atoms with Crippen LogP contribution in [0, 0.1) is 0 Å². The van der Waals surface area contributed by atoms with Crippen molar-refractivity contribution in [1.29, 1.82) is 0 Å². The van der Waals surface area contributed by atoms with Crippen molar-refractivity contribution in [2.45, 2.75) is 25.4 Å². The maximum Gasteiger partial charge on any atom is 0.271 e. The normalized spacial score (nSPS) is 12.4. The van der Waals surface area contributed by atoms with Gasteiger partial charge in [-0.05, 0) is 46.7 Å². The number of hydrogen-bond donors (Lipinski definition) is 2. The average molecular weight is 514 g/mol. The van der Waals surface area contributed by atoms with E-state index >= 15 is 0 Å². The second-order valence-electron chi connectivity index (χ2n) is 8.77. The van der Waals surface area contributed by atoms with Crippen LogP contribution >= 0.6 is 11.6 Å². The maximum absolute atomic E-state index is 14.1. The number of nitrogens with one attached hydrogen (secondary N) is 2. The molecule has 3 amide bonds. The molecule has 0 aliphatic heterocycles. The molecule has 0 fully saturated rings. The molecule has 0 unspecified atom stereocenters. The molecular formula is C30H28ClN3O3. The number of fused-ring (bicyclic) bond motifs is 1. The zero-order valence-corrected chi connectivity index (χ0v) is 21.5. The molecule has 0 aliphatic rings. The van der Waals surface area contributed by atoms with E-state index in [0.717, 1.165) is 16.3 Å². The summed E-state index contributed by atoms with van der Waals surface area (Å²) in [7, 11) is 1.54. The molecule has 0 radical (unpaired) electrons. The van der Waals surface area contributed by atoms with E-state index in [4.69, 9.17) is 11.6 Å². The molecule has 7 heteroatoms. The van der Waals surface area contributed by atoms with Crippen LogP contribution in [0.25, 0.3) is 10.8 Å². The number of likely N-dealkylation sites (N-methyl/N-ethyl adjacent to an activating group) is 1. The standard InChI is InChI=1S/C30H28ClN3O3/c1-3-27(35)34(2)30(20-21-16-18-23(31)19-17-21,29(37)32-24-12-5-4-6-13-24)33-28(36)26-15-9-11-22-10-7-8-14-25(22)26/h4-19H,3,20H2,1-2H3,(H,32,37)(H,33,36)/t30-/m0/s1. The first-order valence-corrected chi connectivity index (χ1v) is 12.4. The Balaban J connectivity index is 1.83. The lowest BCUT2D eigenvalue weighted by atomic mass is 9.94. The van der Waals surface area contributed by atoms with Gasteiger partial charge in [0.05, 0.1) is 0 Å². The number of benzene rings is 4. The number of amides is 3. The molecule has 0 spiro atoms. The zero-order valence-electron chi connectivity index (χ0n) is 20.7. The highest BCUT2D eigenvalue weighted by Gasteiger charge is 2.46. The lowest BCUT2D eigenvalue weighted by Gasteiger charge is -2.41. The van der Waals surface area contributed by atoms with Crippen molar-refractivity contribution in [3.63, 3.8) is 0 Å². The molecule has 4 rings (SSSR count). The second kappa shape index (κ2) is 11.3. The SMILES string of the molecule is CCC(=O)N(C)[C@](Cc1ccc(Cl)cc1)(NC(=O)c1cccc2ccccc12)C(=O)Nc1ccccc1. The predicted molar refractivity (Wildman–Crippen MR) is 147 cm³/mol. The number of halogens is 1. The Labute approximate surface area is 221 Å². The van der Waals surface area contributed by atoms with Crippen LogP contribution in [0.3, 0.4) is 0 Å². The second-order valence-corrected chi connectivity index (χ2v) is 9.21. The summed E-state index contributed by atoms with van der Waals surface area (Å²) < 4.78 is 0. The molecule has 0 saturated heterocycles. The van der Waals surface area contributed by atoms with Gasteiger partial charge < -0.3 is 15.5 Å². The average Bonchev–Trinajstić information content (AvgIpc) is 2.93. The Morgan fingerprint density at radius 3 is 2.19 bits per heavy atom. The minimum atomic E-state index is -1.73. The molecule has 4 aromatic carbocycles. The summed E-state index contributed by atoms with van der Waals surface area (Å²) in [5.41, 5.74) is -0.0557. The fourth-order valence-electron chi connectivity index (χ4n) is 4.32. The van der Waals surface area contributed by atoms with Crippen LogP contribution in [0.5, 0.6) is 0 Å². The highest BCUT2D eigenvalue weighted by atomic mass is 35.5. The Morgan fingerprint density at radius 1 is 0.838 bits per heavy atom. The number of anilines is 1. The van der Waals surface area contributed by atoms with Gasteiger partial charge in [0.25, 0.3) is 11.8 Å². The van der Waals surface area contributed by atoms with Gasteiger partial charge in [-0.25, -0.2) is 0 Å². The lowest BCUT2D eigenvalue weighted by molar-refractivity contribution is -0.144. The molecule has 6 nitrogen and oxygen atoms in total. The van der Waals surface area contributed by atoms with Crippen molar-refractivity contribution in [1.82, 2.24) is 10.2 Å². The monoisotopic (exact) mass is 513 g/mol. The molecule has 0 saturated carbocycles. The van der Waals surface area contributed by atoms with E-state index in [-0.39, 0.29) is 18.7 Å². The van der Waals surface area contributed by atoms with Gasteiger partial charge in [-0.1, -0.05) is 85.3 Å². The van der Waals surface area contributed by atoms with E-state index in [2.05, 4.69) is 10.6 Å². The first kappa shape index (κ1) is 25.9. The summed E-state index contributed by atoms with van der Waals surface area (Å²) in [5, 5.41) is 8.04. The Bertz CT molecular complexity index is 1420. The molecule has 0 heterocycles. The maximum atomic E-state index is 14.1. The summed E-state index contributed by atoms with van der Waals surface area (Å²) in [5.74, 6) is -1.30. The van der Waals surface area contributed by atoms with E-state index in [1.54, 1.807) is 67.6 Å². The van der Waals surface area contributed by atoms with E-state index in [0.29, 0.717) is 16.3 Å². The fraction of sp³-hybridized carbons (Fsp3) is 0.167. The van der Waals surface area contributed by atoms with Crippen LogP contribution in [-0.4, -0.2) is 35.3 Å². The van der Waals surface area contributed by atoms with Crippen molar-refractivity contribution in [3.05, 3.63) is 113 Å². The molecule has 4 aromatic rings. The highest BCUT2D eigenvalue weighted by Crippen LogP contribution is 2.25. The van der Waals surface area contributed by atoms with Crippen LogP contribution in [-0.2, 0) is 16.0 Å². The Morgan fingerprint density at radius 2 is 1.49 bits per heavy atom. The van der Waals surface area contributed by atoms with E-state index in [1.807, 2.05) is 36.4 Å². The Hall–Kier alpha value is -4.16. The largest absolute Gasteiger partial charge is 0.322 e. The number of hydrogen-bond acceptors (Lipinski definition) is 3. The van der Waals surface area contributed by atoms with Crippen molar-refractivity contribution >= 4 is 45.8 Å². The van der Waals surface area contributed by atoms with E-state index in [9.17, 15) is 14.4 Å². The third-order valence-electron chi connectivity index (χ3n) is 6.38. The molecule has 0 aromatic heterocycles. The van der Waals surface area contributed by atoms with Crippen LogP contribution in [0.2, 0.25) is 5.02 Å². The molecule has 37 heavy (non-hydrogen) atoms. The smallest absolute Gasteiger partial charge is 0.271 e. The summed E-state index contributed by atoms with van der Waals surface area (Å²) in [4.78, 5) is 42.3. The molecule has 2 N–H and O–H groups in total. The van der Waals surface area contributed by atoms with Gasteiger partial charge in [0.1, 0.15) is 0 Å². The van der Waals surface area contributed by atoms with Gasteiger partial charge in [0.15, 0.2) is 0 Å². The lowest BCUT2D eigenvalue weighted by Crippen LogP contribution is -2.68. The summed E-state index contributed by atoms with van der Waals surface area (Å²) in [6.45, 7) is 1.72. The quantitative estimate of drug-likeness (QED) is 0.298. The zero-order chi connectivity index (χ0) is 26.4. The van der Waals surface area contributed by atoms with Crippen molar-refractivity contribution in [2.75, 3.05) is 12.4 Å². The number of nitrogens with zero attached hydrogens (tertiary/aromatic N) is 1. The Kier molecular flexibility index (Phi) is 7.89. The number of para-hydroxylation sites is 1. The van der Waals surface area contributed by atoms with Crippen LogP contribution in [0.1, 0.15) is 29.3 Å². The fourth-order valence-corrected chi connectivity index (χ4v) is 4.44. The molecule has 1 atom stereocenters. The van der Waals surface area contributed by atoms with E-state index in [1.165, 1.54) is 11.9 Å². The van der Waals surface area contributed by atoms with Gasteiger partial charge in [0.2, 0.25) is 11.6 Å². The van der Waals surface area contributed by atoms with Crippen LogP contribution in [0.4, 0.5) is 5.69 Å². The molecular weight excluding hydrogens is 486 g/mol. The molecule has 0 bridgehead atoms. The van der Waals surface area contributed by atoms with Gasteiger partial charge in [0, 0.05) is 36.2 Å². The number of carbonyl (C=O) groups excluding carboxylic acids is 3. The number of carbonyl (C=O) groups is 3. The highest BCUT2D eigenvalue weighted by molar-refractivity contribution is 6.30. The number of rotatable bonds is 8. The van der Waals surface area contributed by atoms with Gasteiger partial charge in [-0.15, -0.1) is 0 Å². The van der Waals surface area contributed by atoms with Crippen LogP contribution in [0.15, 0.2) is 97.1 Å². The van der Waals surface area contributed by atoms with Gasteiger partial charge >= 0.3 is 0 Å². The van der Waals surface area contributed by atoms with Crippen molar-refractivity contribution in [2.24, 2.45) is 0 Å². The third-order valence-corrected chi connectivity index (χ3v) is 6.64. The topological polar surface area (TPSA) is 78.5 Å². The minimum Gasteiger partial charge on any atom is -0.322 e. The first-order chi connectivity index (χ1) is 17.8. The summed E-state index contributed by atoms with van der Waals surface area (Å²) >= 11 is 6.09. The van der Waals surface area contributed by atoms with Gasteiger partial charge in [-0.3, -0.25) is 14.4 Å². The van der Waals surface area contributed by atoms with E-state index < -0.39 is 17.5 Å². The minimum absolute atomic E-state index is 0.0293. The predicted octanol–water partition coefficient (Wildman–Crippen LogP) is 5.67. The summed E-state index contributed by atoms with van der Waals surface area (Å²) in [6.07, 6.45) is 0.184. The van der Waals surface area contributed by atoms with Crippen LogP contribution < -0.4 is 10.6 Å². The van der Waals surface area contributed by atoms with Crippen molar-refractivity contribution < 1.29 is 14.4 Å². The summed E-state index contributed by atoms with van der Waals surface area (Å²) in [6, 6.07) is 28.9.